The molecular weight excluding hydrogens is 222 g/mol. The molecule has 6 heteroatoms. The molecule has 0 spiro atoms. The van der Waals surface area contributed by atoms with Gasteiger partial charge in [0.2, 0.25) is 0 Å². The van der Waals surface area contributed by atoms with Crippen LogP contribution in [0.3, 0.4) is 0 Å². The van der Waals surface area contributed by atoms with Gasteiger partial charge in [0.15, 0.2) is 0 Å². The van der Waals surface area contributed by atoms with E-state index in [9.17, 15) is 9.59 Å². The Morgan fingerprint density at radius 1 is 1.47 bits per heavy atom. The lowest BCUT2D eigenvalue weighted by molar-refractivity contribution is -0.139. The molecule has 0 fully saturated rings. The Labute approximate surface area is 99.1 Å². The Hall–Kier alpha value is -2.11. The van der Waals surface area contributed by atoms with Crippen LogP contribution in [0.25, 0.3) is 0 Å². The third kappa shape index (κ3) is 4.10. The Morgan fingerprint density at radius 3 is 2.65 bits per heavy atom. The largest absolute Gasteiger partial charge is 0.480 e. The van der Waals surface area contributed by atoms with E-state index in [0.29, 0.717) is 12.1 Å². The zero-order valence-electron chi connectivity index (χ0n) is 9.73. The zero-order chi connectivity index (χ0) is 12.8. The second kappa shape index (κ2) is 5.83. The highest BCUT2D eigenvalue weighted by Crippen LogP contribution is 2.05. The van der Waals surface area contributed by atoms with Crippen molar-refractivity contribution in [3.8, 4) is 0 Å². The average molecular weight is 237 g/mol. The summed E-state index contributed by atoms with van der Waals surface area (Å²) in [6.45, 7) is 3.52. The third-order valence-electron chi connectivity index (χ3n) is 2.18. The molecule has 1 atom stereocenters. The summed E-state index contributed by atoms with van der Waals surface area (Å²) in [5.41, 5.74) is 1.36. The van der Waals surface area contributed by atoms with Crippen LogP contribution in [0.1, 0.15) is 19.0 Å². The van der Waals surface area contributed by atoms with Gasteiger partial charge in [-0.3, -0.25) is 4.98 Å². The van der Waals surface area contributed by atoms with Crippen molar-refractivity contribution in [1.82, 2.24) is 10.3 Å². The highest BCUT2D eigenvalue weighted by molar-refractivity contribution is 5.92. The number of rotatable bonds is 4. The van der Waals surface area contributed by atoms with E-state index in [1.807, 2.05) is 6.92 Å². The van der Waals surface area contributed by atoms with Gasteiger partial charge in [-0.2, -0.15) is 0 Å². The van der Waals surface area contributed by atoms with Crippen LogP contribution in [-0.4, -0.2) is 28.1 Å². The molecule has 6 nitrogen and oxygen atoms in total. The summed E-state index contributed by atoms with van der Waals surface area (Å²) in [4.78, 5) is 26.2. The first-order valence-electron chi connectivity index (χ1n) is 5.26. The minimum absolute atomic E-state index is 0.328. The van der Waals surface area contributed by atoms with E-state index in [0.717, 1.165) is 5.69 Å². The molecule has 0 saturated heterocycles. The summed E-state index contributed by atoms with van der Waals surface area (Å²) < 4.78 is 0. The molecule has 0 aliphatic rings. The van der Waals surface area contributed by atoms with Crippen molar-refractivity contribution in [2.24, 2.45) is 0 Å². The molecule has 92 valence electrons. The van der Waals surface area contributed by atoms with E-state index >= 15 is 0 Å². The van der Waals surface area contributed by atoms with Crippen LogP contribution >= 0.6 is 0 Å². The van der Waals surface area contributed by atoms with Crippen LogP contribution in [0.15, 0.2) is 18.3 Å². The number of amides is 2. The van der Waals surface area contributed by atoms with Crippen molar-refractivity contribution < 1.29 is 14.7 Å². The Kier molecular flexibility index (Phi) is 4.45. The molecule has 0 bridgehead atoms. The lowest BCUT2D eigenvalue weighted by Gasteiger charge is -2.12. The van der Waals surface area contributed by atoms with Crippen molar-refractivity contribution in [1.29, 1.82) is 0 Å². The number of carbonyl (C=O) groups excluding carboxylic acids is 1. The first-order valence-corrected chi connectivity index (χ1v) is 5.26. The molecule has 1 aromatic rings. The van der Waals surface area contributed by atoms with E-state index in [2.05, 4.69) is 15.6 Å². The standard InChI is InChI=1S/C11H15N3O3/c1-3-9(10(15)16)14-11(17)13-8-5-4-7(2)12-6-8/h4-6,9H,3H2,1-2H3,(H,15,16)(H2,13,14,17). The number of carboxylic acid groups (broad SMARTS) is 1. The molecule has 0 aliphatic carbocycles. The maximum Gasteiger partial charge on any atom is 0.326 e. The van der Waals surface area contributed by atoms with Gasteiger partial charge in [0.05, 0.1) is 11.9 Å². The summed E-state index contributed by atoms with van der Waals surface area (Å²) >= 11 is 0. The van der Waals surface area contributed by atoms with Gasteiger partial charge in [-0.25, -0.2) is 9.59 Å². The number of urea groups is 1. The van der Waals surface area contributed by atoms with Gasteiger partial charge in [0, 0.05) is 5.69 Å². The number of aliphatic carboxylic acids is 1. The monoisotopic (exact) mass is 237 g/mol. The molecule has 0 aliphatic heterocycles. The molecule has 1 rings (SSSR count). The fraction of sp³-hybridized carbons (Fsp3) is 0.364. The number of pyridine rings is 1. The molecule has 0 aromatic carbocycles. The number of aromatic nitrogens is 1. The van der Waals surface area contributed by atoms with E-state index in [4.69, 9.17) is 5.11 Å². The quantitative estimate of drug-likeness (QED) is 0.737. The molecule has 0 saturated carbocycles. The molecule has 1 heterocycles. The van der Waals surface area contributed by atoms with Crippen molar-refractivity contribution in [3.05, 3.63) is 24.0 Å². The van der Waals surface area contributed by atoms with E-state index in [1.54, 1.807) is 19.1 Å². The van der Waals surface area contributed by atoms with Crippen LogP contribution in [0.5, 0.6) is 0 Å². The van der Waals surface area contributed by atoms with Crippen LogP contribution in [0.4, 0.5) is 10.5 Å². The Bertz CT molecular complexity index is 403. The van der Waals surface area contributed by atoms with Crippen LogP contribution in [0.2, 0.25) is 0 Å². The highest BCUT2D eigenvalue weighted by Gasteiger charge is 2.17. The van der Waals surface area contributed by atoms with Gasteiger partial charge in [-0.15, -0.1) is 0 Å². The zero-order valence-corrected chi connectivity index (χ0v) is 9.73. The van der Waals surface area contributed by atoms with Crippen molar-refractivity contribution in [2.75, 3.05) is 5.32 Å². The predicted octanol–water partition coefficient (Wildman–Crippen LogP) is 1.37. The second-order valence-electron chi connectivity index (χ2n) is 3.59. The average Bonchev–Trinajstić information content (AvgIpc) is 2.28. The molecule has 3 N–H and O–H groups in total. The summed E-state index contributed by atoms with van der Waals surface area (Å²) in [5, 5.41) is 13.6. The Morgan fingerprint density at radius 2 is 2.18 bits per heavy atom. The van der Waals surface area contributed by atoms with Gasteiger partial charge in [0.1, 0.15) is 6.04 Å². The maximum absolute atomic E-state index is 11.5. The number of nitrogens with zero attached hydrogens (tertiary/aromatic N) is 1. The van der Waals surface area contributed by atoms with Gasteiger partial charge >= 0.3 is 12.0 Å². The lowest BCUT2D eigenvalue weighted by atomic mass is 10.2. The maximum atomic E-state index is 11.5. The van der Waals surface area contributed by atoms with Gasteiger partial charge in [0.25, 0.3) is 0 Å². The number of nitrogens with one attached hydrogen (secondary N) is 2. The topological polar surface area (TPSA) is 91.3 Å². The molecule has 2 amide bonds. The van der Waals surface area contributed by atoms with Crippen LogP contribution in [0, 0.1) is 6.92 Å². The fourth-order valence-corrected chi connectivity index (χ4v) is 1.21. The first kappa shape index (κ1) is 13.0. The molecule has 0 radical (unpaired) electrons. The number of hydrogen-bond donors (Lipinski definition) is 3. The smallest absolute Gasteiger partial charge is 0.326 e. The van der Waals surface area contributed by atoms with E-state index in [1.165, 1.54) is 6.20 Å². The summed E-state index contributed by atoms with van der Waals surface area (Å²) in [5.74, 6) is -1.05. The first-order chi connectivity index (χ1) is 8.02. The van der Waals surface area contributed by atoms with Gasteiger partial charge < -0.3 is 15.7 Å². The van der Waals surface area contributed by atoms with Gasteiger partial charge in [-0.1, -0.05) is 6.92 Å². The highest BCUT2D eigenvalue weighted by atomic mass is 16.4. The lowest BCUT2D eigenvalue weighted by Crippen LogP contribution is -2.42. The SMILES string of the molecule is CCC(NC(=O)Nc1ccc(C)nc1)C(=O)O. The summed E-state index contributed by atoms with van der Waals surface area (Å²) in [6.07, 6.45) is 1.84. The second-order valence-corrected chi connectivity index (χ2v) is 3.59. The fourth-order valence-electron chi connectivity index (χ4n) is 1.21. The summed E-state index contributed by atoms with van der Waals surface area (Å²) in [7, 11) is 0. The van der Waals surface area contributed by atoms with Crippen molar-refractivity contribution in [3.63, 3.8) is 0 Å². The molecular formula is C11H15N3O3. The molecule has 1 unspecified atom stereocenters. The van der Waals surface area contributed by atoms with Crippen LogP contribution < -0.4 is 10.6 Å². The number of hydrogen-bond acceptors (Lipinski definition) is 3. The number of carboxylic acids is 1. The minimum Gasteiger partial charge on any atom is -0.480 e. The minimum atomic E-state index is -1.05. The normalized spacial score (nSPS) is 11.6. The third-order valence-corrected chi connectivity index (χ3v) is 2.18. The van der Waals surface area contributed by atoms with E-state index < -0.39 is 18.0 Å². The van der Waals surface area contributed by atoms with E-state index in [-0.39, 0.29) is 0 Å². The summed E-state index contributed by atoms with van der Waals surface area (Å²) in [6, 6.07) is 2.02. The predicted molar refractivity (Wildman–Crippen MR) is 62.8 cm³/mol. The number of carbonyl (C=O) groups is 2. The molecule has 1 aromatic heterocycles. The number of anilines is 1. The Balaban J connectivity index is 2.54. The number of aryl methyl sites for hydroxylation is 1. The van der Waals surface area contributed by atoms with Crippen molar-refractivity contribution in [2.45, 2.75) is 26.3 Å². The molecule has 17 heavy (non-hydrogen) atoms. The van der Waals surface area contributed by atoms with Crippen LogP contribution in [-0.2, 0) is 4.79 Å². The van der Waals surface area contributed by atoms with Crippen molar-refractivity contribution >= 4 is 17.7 Å². The van der Waals surface area contributed by atoms with Gasteiger partial charge in [-0.05, 0) is 25.5 Å².